The summed E-state index contributed by atoms with van der Waals surface area (Å²) in [5, 5.41) is 10.7. The number of hydrogen-bond donors (Lipinski definition) is 4. The zero-order valence-electron chi connectivity index (χ0n) is 18.9. The predicted octanol–water partition coefficient (Wildman–Crippen LogP) is 3.36. The van der Waals surface area contributed by atoms with Crippen molar-refractivity contribution in [1.29, 1.82) is 0 Å². The van der Waals surface area contributed by atoms with Crippen LogP contribution in [0, 0.1) is 0 Å². The fraction of sp³-hybridized carbons (Fsp3) is 0.407. The first kappa shape index (κ1) is 21.7. The summed E-state index contributed by atoms with van der Waals surface area (Å²) in [5.74, 6) is -0.204. The summed E-state index contributed by atoms with van der Waals surface area (Å²) in [6.07, 6.45) is 8.60. The molecule has 2 aromatic carbocycles. The number of aromatic nitrogens is 1. The van der Waals surface area contributed by atoms with E-state index in [4.69, 9.17) is 0 Å². The summed E-state index contributed by atoms with van der Waals surface area (Å²) in [5.41, 5.74) is 4.50. The van der Waals surface area contributed by atoms with E-state index in [2.05, 4.69) is 39.1 Å². The van der Waals surface area contributed by atoms with Gasteiger partial charge in [0.05, 0.1) is 6.04 Å². The van der Waals surface area contributed by atoms with Gasteiger partial charge in [0, 0.05) is 36.1 Å². The van der Waals surface area contributed by atoms with Gasteiger partial charge in [0.1, 0.15) is 6.04 Å². The molecule has 3 aromatic rings. The molecule has 4 N–H and O–H groups in total. The van der Waals surface area contributed by atoms with Gasteiger partial charge in [-0.3, -0.25) is 9.59 Å². The highest BCUT2D eigenvalue weighted by Gasteiger charge is 2.30. The molecular weight excluding hydrogens is 412 g/mol. The van der Waals surface area contributed by atoms with Crippen molar-refractivity contribution in [2.45, 2.75) is 69.6 Å². The van der Waals surface area contributed by atoms with E-state index < -0.39 is 6.04 Å². The van der Waals surface area contributed by atoms with Crippen LogP contribution in [-0.4, -0.2) is 34.9 Å². The van der Waals surface area contributed by atoms with Gasteiger partial charge in [-0.1, -0.05) is 61.7 Å². The van der Waals surface area contributed by atoms with Gasteiger partial charge >= 0.3 is 0 Å². The molecule has 172 valence electrons. The van der Waals surface area contributed by atoms with Crippen LogP contribution in [0.1, 0.15) is 48.8 Å². The number of carbonyl (C=O) groups excluding carboxylic acids is 2. The topological polar surface area (TPSA) is 86.0 Å². The Bertz CT molecular complexity index is 1130. The van der Waals surface area contributed by atoms with Gasteiger partial charge in [-0.05, 0) is 42.0 Å². The zero-order chi connectivity index (χ0) is 22.6. The van der Waals surface area contributed by atoms with E-state index in [1.54, 1.807) is 0 Å². The van der Waals surface area contributed by atoms with Crippen LogP contribution < -0.4 is 16.0 Å². The molecule has 6 heteroatoms. The maximum Gasteiger partial charge on any atom is 0.243 e. The zero-order valence-corrected chi connectivity index (χ0v) is 18.9. The van der Waals surface area contributed by atoms with Crippen molar-refractivity contribution < 1.29 is 9.59 Å². The molecule has 0 spiro atoms. The second-order valence-corrected chi connectivity index (χ2v) is 9.37. The molecule has 1 aliphatic carbocycles. The van der Waals surface area contributed by atoms with E-state index in [-0.39, 0.29) is 23.9 Å². The maximum atomic E-state index is 13.3. The quantitative estimate of drug-likeness (QED) is 0.470. The average molecular weight is 445 g/mol. The molecule has 2 atom stereocenters. The monoisotopic (exact) mass is 444 g/mol. The number of rotatable bonds is 6. The number of benzene rings is 2. The van der Waals surface area contributed by atoms with E-state index in [1.165, 1.54) is 17.5 Å². The van der Waals surface area contributed by atoms with Crippen molar-refractivity contribution in [1.82, 2.24) is 20.9 Å². The second-order valence-electron chi connectivity index (χ2n) is 9.37. The van der Waals surface area contributed by atoms with Crippen molar-refractivity contribution >= 4 is 22.7 Å². The first-order chi connectivity index (χ1) is 16.2. The molecule has 0 radical (unpaired) electrons. The minimum Gasteiger partial charge on any atom is -0.361 e. The number of amides is 2. The number of H-pyrrole nitrogens is 1. The normalized spacial score (nSPS) is 19.6. The first-order valence-electron chi connectivity index (χ1n) is 12.1. The van der Waals surface area contributed by atoms with Crippen LogP contribution in [0.4, 0.5) is 0 Å². The van der Waals surface area contributed by atoms with Gasteiger partial charge in [0.25, 0.3) is 0 Å². The maximum absolute atomic E-state index is 13.3. The lowest BCUT2D eigenvalue weighted by molar-refractivity contribution is -0.130. The molecule has 2 heterocycles. The summed E-state index contributed by atoms with van der Waals surface area (Å²) in [4.78, 5) is 29.9. The van der Waals surface area contributed by atoms with Crippen molar-refractivity contribution in [2.75, 3.05) is 0 Å². The molecule has 2 aliphatic rings. The van der Waals surface area contributed by atoms with Gasteiger partial charge in [-0.2, -0.15) is 0 Å². The van der Waals surface area contributed by atoms with Crippen LogP contribution in [-0.2, 0) is 29.0 Å². The molecule has 2 unspecified atom stereocenters. The predicted molar refractivity (Wildman–Crippen MR) is 130 cm³/mol. The Kier molecular flexibility index (Phi) is 6.44. The average Bonchev–Trinajstić information content (AvgIpc) is 3.26. The summed E-state index contributed by atoms with van der Waals surface area (Å²) in [6.45, 7) is 0.662. The van der Waals surface area contributed by atoms with E-state index >= 15 is 0 Å². The number of nitrogens with one attached hydrogen (secondary N) is 4. The Morgan fingerprint density at radius 1 is 0.970 bits per heavy atom. The van der Waals surface area contributed by atoms with E-state index in [9.17, 15) is 9.59 Å². The van der Waals surface area contributed by atoms with E-state index in [1.807, 2.05) is 36.5 Å². The third-order valence-electron chi connectivity index (χ3n) is 7.08. The summed E-state index contributed by atoms with van der Waals surface area (Å²) < 4.78 is 0. The molecule has 1 aromatic heterocycles. The lowest BCUT2D eigenvalue weighted by Gasteiger charge is -2.29. The van der Waals surface area contributed by atoms with Crippen molar-refractivity contribution in [3.8, 4) is 0 Å². The minimum absolute atomic E-state index is 0.0864. The highest BCUT2D eigenvalue weighted by Crippen LogP contribution is 2.21. The number of fused-ring (bicyclic) bond motifs is 2. The van der Waals surface area contributed by atoms with Crippen LogP contribution in [0.3, 0.4) is 0 Å². The Hall–Kier alpha value is -3.12. The second kappa shape index (κ2) is 9.79. The van der Waals surface area contributed by atoms with E-state index in [0.717, 1.165) is 42.1 Å². The fourth-order valence-electron chi connectivity index (χ4n) is 5.19. The molecule has 33 heavy (non-hydrogen) atoms. The molecule has 6 nitrogen and oxygen atoms in total. The molecule has 2 amide bonds. The standard InChI is InChI=1S/C27H32N4O2/c32-26(24-14-18-8-4-5-9-19(18)16-29-24)31-25(27(33)30-21-10-2-1-3-11-21)15-20-17-28-23-13-7-6-12-22(20)23/h4-9,12-13,17,21,24-25,28-29H,1-3,10-11,14-16H2,(H,30,33)(H,31,32). The summed E-state index contributed by atoms with van der Waals surface area (Å²) in [6, 6.07) is 15.5. The number of hydrogen-bond acceptors (Lipinski definition) is 3. The summed E-state index contributed by atoms with van der Waals surface area (Å²) in [7, 11) is 0. The third-order valence-corrected chi connectivity index (χ3v) is 7.08. The minimum atomic E-state index is -0.613. The lowest BCUT2D eigenvalue weighted by atomic mass is 9.94. The summed E-state index contributed by atoms with van der Waals surface area (Å²) >= 11 is 0. The van der Waals surface area contributed by atoms with Crippen LogP contribution in [0.5, 0.6) is 0 Å². The molecule has 1 aliphatic heterocycles. The van der Waals surface area contributed by atoms with Crippen molar-refractivity contribution in [3.63, 3.8) is 0 Å². The van der Waals surface area contributed by atoms with Gasteiger partial charge in [-0.15, -0.1) is 0 Å². The third kappa shape index (κ3) is 4.96. The van der Waals surface area contributed by atoms with Gasteiger partial charge in [0.2, 0.25) is 11.8 Å². The number of para-hydroxylation sites is 1. The van der Waals surface area contributed by atoms with Gasteiger partial charge < -0.3 is 20.9 Å². The lowest BCUT2D eigenvalue weighted by Crippen LogP contribution is -2.56. The fourth-order valence-corrected chi connectivity index (χ4v) is 5.19. The SMILES string of the molecule is O=C(NC(Cc1c[nH]c2ccccc12)C(=O)NC1CCCCC1)C1Cc2ccccc2CN1. The highest BCUT2D eigenvalue weighted by atomic mass is 16.2. The smallest absolute Gasteiger partial charge is 0.243 e. The van der Waals surface area contributed by atoms with Crippen LogP contribution >= 0.6 is 0 Å². The van der Waals surface area contributed by atoms with Crippen LogP contribution in [0.25, 0.3) is 10.9 Å². The Balaban J connectivity index is 1.32. The molecule has 1 saturated carbocycles. The molecular formula is C27H32N4O2. The van der Waals surface area contributed by atoms with Crippen molar-refractivity contribution in [2.24, 2.45) is 0 Å². The van der Waals surface area contributed by atoms with Gasteiger partial charge in [0.15, 0.2) is 0 Å². The largest absolute Gasteiger partial charge is 0.361 e. The van der Waals surface area contributed by atoms with Crippen LogP contribution in [0.15, 0.2) is 54.7 Å². The molecule has 1 fully saturated rings. The Morgan fingerprint density at radius 3 is 2.58 bits per heavy atom. The number of aromatic amines is 1. The Morgan fingerprint density at radius 2 is 1.73 bits per heavy atom. The first-order valence-corrected chi connectivity index (χ1v) is 12.1. The van der Waals surface area contributed by atoms with E-state index in [0.29, 0.717) is 19.4 Å². The highest BCUT2D eigenvalue weighted by molar-refractivity contribution is 5.91. The van der Waals surface area contributed by atoms with Crippen molar-refractivity contribution in [3.05, 3.63) is 71.4 Å². The molecule has 0 saturated heterocycles. The molecule has 5 rings (SSSR count). The van der Waals surface area contributed by atoms with Crippen LogP contribution in [0.2, 0.25) is 0 Å². The Labute approximate surface area is 194 Å². The number of carbonyl (C=O) groups is 2. The molecule has 0 bridgehead atoms. The van der Waals surface area contributed by atoms with Gasteiger partial charge in [-0.25, -0.2) is 0 Å².